The summed E-state index contributed by atoms with van der Waals surface area (Å²) in [6, 6.07) is 8.23. The minimum Gasteiger partial charge on any atom is -0.342 e. The smallest absolute Gasteiger partial charge is 0.236 e. The summed E-state index contributed by atoms with van der Waals surface area (Å²) in [7, 11) is 0. The number of nitrogens with one attached hydrogen (secondary N) is 1. The zero-order chi connectivity index (χ0) is 21.9. The van der Waals surface area contributed by atoms with Gasteiger partial charge in [0.05, 0.1) is 12.7 Å². The van der Waals surface area contributed by atoms with E-state index in [-0.39, 0.29) is 17.6 Å². The zero-order valence-electron chi connectivity index (χ0n) is 18.3. The summed E-state index contributed by atoms with van der Waals surface area (Å²) in [4.78, 5) is 34.2. The molecule has 0 unspecified atom stereocenters. The van der Waals surface area contributed by atoms with Crippen LogP contribution in [0.5, 0.6) is 0 Å². The van der Waals surface area contributed by atoms with Crippen molar-refractivity contribution in [2.45, 2.75) is 32.1 Å². The highest BCUT2D eigenvalue weighted by molar-refractivity contribution is 5.89. The molecule has 4 heterocycles. The van der Waals surface area contributed by atoms with E-state index < -0.39 is 0 Å². The predicted molar refractivity (Wildman–Crippen MR) is 123 cm³/mol. The monoisotopic (exact) mass is 431 g/mol. The summed E-state index contributed by atoms with van der Waals surface area (Å²) >= 11 is 0. The van der Waals surface area contributed by atoms with Crippen LogP contribution in [0.25, 0.3) is 21.9 Å². The largest absolute Gasteiger partial charge is 0.342 e. The van der Waals surface area contributed by atoms with Crippen molar-refractivity contribution in [2.75, 3.05) is 32.7 Å². The summed E-state index contributed by atoms with van der Waals surface area (Å²) in [5.74, 6) is 0.456. The molecule has 0 spiro atoms. The summed E-state index contributed by atoms with van der Waals surface area (Å²) < 4.78 is 0. The SMILES string of the molecule is O=C(Cc1cc2cc(-c3cn[nH]c3)ccc2cn1)C1CCN(C(=O)CN2CCCC2)CC1. The van der Waals surface area contributed by atoms with Gasteiger partial charge >= 0.3 is 0 Å². The predicted octanol–water partition coefficient (Wildman–Crippen LogP) is 3.07. The van der Waals surface area contributed by atoms with E-state index in [9.17, 15) is 9.59 Å². The maximum absolute atomic E-state index is 12.9. The number of carbonyl (C=O) groups is 2. The number of likely N-dealkylation sites (tertiary alicyclic amines) is 2. The molecule has 2 fully saturated rings. The fraction of sp³-hybridized carbons (Fsp3) is 0.440. The number of hydrogen-bond acceptors (Lipinski definition) is 5. The first-order chi connectivity index (χ1) is 15.7. The summed E-state index contributed by atoms with van der Waals surface area (Å²) in [5, 5.41) is 8.99. The number of ketones is 1. The number of H-pyrrole nitrogens is 1. The van der Waals surface area contributed by atoms with E-state index in [4.69, 9.17) is 0 Å². The molecule has 2 aromatic heterocycles. The highest BCUT2D eigenvalue weighted by Gasteiger charge is 2.28. The first kappa shape index (κ1) is 20.8. The van der Waals surface area contributed by atoms with Gasteiger partial charge in [0, 0.05) is 54.5 Å². The number of carbonyl (C=O) groups excluding carboxylic acids is 2. The number of pyridine rings is 1. The van der Waals surface area contributed by atoms with Crippen molar-refractivity contribution >= 4 is 22.5 Å². The van der Waals surface area contributed by atoms with Crippen LogP contribution < -0.4 is 0 Å². The molecule has 2 aliphatic heterocycles. The summed E-state index contributed by atoms with van der Waals surface area (Å²) in [6.07, 6.45) is 9.75. The molecule has 5 rings (SSSR count). The van der Waals surface area contributed by atoms with Gasteiger partial charge in [-0.05, 0) is 61.9 Å². The molecular formula is C25H29N5O2. The second-order valence-electron chi connectivity index (χ2n) is 9.01. The van der Waals surface area contributed by atoms with E-state index in [0.717, 1.165) is 53.5 Å². The molecule has 1 N–H and O–H groups in total. The van der Waals surface area contributed by atoms with E-state index >= 15 is 0 Å². The average Bonchev–Trinajstić information content (AvgIpc) is 3.53. The topological polar surface area (TPSA) is 82.2 Å². The number of aromatic amines is 1. The van der Waals surface area contributed by atoms with Crippen LogP contribution in [0.15, 0.2) is 42.9 Å². The molecule has 0 bridgehead atoms. The first-order valence-electron chi connectivity index (χ1n) is 11.6. The third kappa shape index (κ3) is 4.58. The quantitative estimate of drug-likeness (QED) is 0.649. The molecule has 3 aromatic rings. The van der Waals surface area contributed by atoms with Crippen molar-refractivity contribution in [2.24, 2.45) is 5.92 Å². The number of hydrogen-bond donors (Lipinski definition) is 1. The molecular weight excluding hydrogens is 402 g/mol. The Kier molecular flexibility index (Phi) is 5.99. The van der Waals surface area contributed by atoms with Gasteiger partial charge in [0.2, 0.25) is 5.91 Å². The van der Waals surface area contributed by atoms with E-state index in [1.165, 1.54) is 12.8 Å². The molecule has 7 heteroatoms. The van der Waals surface area contributed by atoms with Gasteiger partial charge < -0.3 is 4.90 Å². The van der Waals surface area contributed by atoms with Gasteiger partial charge in [-0.15, -0.1) is 0 Å². The van der Waals surface area contributed by atoms with Crippen molar-refractivity contribution in [3.63, 3.8) is 0 Å². The highest BCUT2D eigenvalue weighted by atomic mass is 16.2. The fourth-order valence-corrected chi connectivity index (χ4v) is 4.88. The number of Topliss-reactive ketones (excluding diaryl/α,β-unsaturated/α-hetero) is 1. The minimum absolute atomic E-state index is 0.0144. The molecule has 1 aromatic carbocycles. The van der Waals surface area contributed by atoms with Gasteiger partial charge in [-0.25, -0.2) is 0 Å². The third-order valence-electron chi connectivity index (χ3n) is 6.83. The zero-order valence-corrected chi connectivity index (χ0v) is 18.3. The van der Waals surface area contributed by atoms with Crippen molar-refractivity contribution in [3.05, 3.63) is 48.5 Å². The van der Waals surface area contributed by atoms with Crippen molar-refractivity contribution in [1.29, 1.82) is 0 Å². The number of nitrogens with zero attached hydrogens (tertiary/aromatic N) is 4. The van der Waals surface area contributed by atoms with Crippen molar-refractivity contribution < 1.29 is 9.59 Å². The average molecular weight is 432 g/mol. The Balaban J connectivity index is 1.19. The molecule has 0 aliphatic carbocycles. The Hall–Kier alpha value is -3.06. The Labute approximate surface area is 187 Å². The van der Waals surface area contributed by atoms with Crippen LogP contribution in [0, 0.1) is 5.92 Å². The number of benzene rings is 1. The van der Waals surface area contributed by atoms with Gasteiger partial charge in [0.15, 0.2) is 0 Å². The van der Waals surface area contributed by atoms with Crippen molar-refractivity contribution in [1.82, 2.24) is 25.0 Å². The Morgan fingerprint density at radius 1 is 0.969 bits per heavy atom. The van der Waals surface area contributed by atoms with Gasteiger partial charge in [-0.2, -0.15) is 5.10 Å². The molecule has 1 amide bonds. The first-order valence-corrected chi connectivity index (χ1v) is 11.6. The molecule has 32 heavy (non-hydrogen) atoms. The number of aromatic nitrogens is 3. The van der Waals surface area contributed by atoms with Crippen LogP contribution in [0.4, 0.5) is 0 Å². The maximum atomic E-state index is 12.9. The second-order valence-corrected chi connectivity index (χ2v) is 9.01. The Morgan fingerprint density at radius 3 is 2.53 bits per heavy atom. The van der Waals surface area contributed by atoms with Gasteiger partial charge in [0.25, 0.3) is 0 Å². The van der Waals surface area contributed by atoms with Gasteiger partial charge in [-0.3, -0.25) is 24.6 Å². The van der Waals surface area contributed by atoms with Crippen LogP contribution in [-0.2, 0) is 16.0 Å². The number of piperidine rings is 1. The fourth-order valence-electron chi connectivity index (χ4n) is 4.88. The van der Waals surface area contributed by atoms with Gasteiger partial charge in [0.1, 0.15) is 5.78 Å². The molecule has 2 aliphatic rings. The molecule has 0 atom stereocenters. The van der Waals surface area contributed by atoms with E-state index in [1.807, 2.05) is 29.4 Å². The van der Waals surface area contributed by atoms with Gasteiger partial charge in [-0.1, -0.05) is 12.1 Å². The normalized spacial score (nSPS) is 17.8. The maximum Gasteiger partial charge on any atom is 0.236 e. The molecule has 7 nitrogen and oxygen atoms in total. The molecule has 0 radical (unpaired) electrons. The van der Waals surface area contributed by atoms with E-state index in [2.05, 4.69) is 32.2 Å². The summed E-state index contributed by atoms with van der Waals surface area (Å²) in [6.45, 7) is 3.96. The lowest BCUT2D eigenvalue weighted by atomic mass is 9.90. The Bertz CT molecular complexity index is 1100. The third-order valence-corrected chi connectivity index (χ3v) is 6.83. The number of amides is 1. The second kappa shape index (κ2) is 9.20. The molecule has 166 valence electrons. The van der Waals surface area contributed by atoms with Crippen LogP contribution >= 0.6 is 0 Å². The van der Waals surface area contributed by atoms with Crippen molar-refractivity contribution in [3.8, 4) is 11.1 Å². The minimum atomic E-state index is 0.0144. The van der Waals surface area contributed by atoms with Crippen LogP contribution in [0.1, 0.15) is 31.4 Å². The molecule has 2 saturated heterocycles. The number of fused-ring (bicyclic) bond motifs is 1. The Morgan fingerprint density at radius 2 is 1.78 bits per heavy atom. The van der Waals surface area contributed by atoms with Crippen LogP contribution in [0.2, 0.25) is 0 Å². The highest BCUT2D eigenvalue weighted by Crippen LogP contribution is 2.25. The standard InChI is InChI=1S/C25H29N5O2/c31-24(18-5-9-30(10-6-18)25(32)17-29-7-1-2-8-29)13-23-12-21-11-19(22-15-27-28-16-22)3-4-20(21)14-26-23/h3-4,11-12,14-16,18H,1-2,5-10,13,17H2,(H,27,28). The lowest BCUT2D eigenvalue weighted by Gasteiger charge is -2.32. The van der Waals surface area contributed by atoms with Crippen LogP contribution in [-0.4, -0.2) is 69.4 Å². The lowest BCUT2D eigenvalue weighted by Crippen LogP contribution is -2.44. The van der Waals surface area contributed by atoms with Crippen LogP contribution in [0.3, 0.4) is 0 Å². The van der Waals surface area contributed by atoms with E-state index in [1.54, 1.807) is 6.20 Å². The molecule has 0 saturated carbocycles. The van der Waals surface area contributed by atoms with E-state index in [0.29, 0.717) is 26.1 Å². The number of rotatable bonds is 6. The lowest BCUT2D eigenvalue weighted by molar-refractivity contribution is -0.135. The summed E-state index contributed by atoms with van der Waals surface area (Å²) in [5.41, 5.74) is 2.92.